The molecule has 0 radical (unpaired) electrons. The molecule has 132 valence electrons. The molecule has 0 saturated heterocycles. The Balaban J connectivity index is 1.79. The van der Waals surface area contributed by atoms with E-state index < -0.39 is 0 Å². The van der Waals surface area contributed by atoms with E-state index in [4.69, 9.17) is 9.47 Å². The minimum Gasteiger partial charge on any atom is -0.497 e. The van der Waals surface area contributed by atoms with Gasteiger partial charge < -0.3 is 14.6 Å². The molecular weight excluding hydrogens is 312 g/mol. The number of benzene rings is 2. The van der Waals surface area contributed by atoms with Crippen LogP contribution in [0.3, 0.4) is 0 Å². The lowest BCUT2D eigenvalue weighted by Gasteiger charge is -2.77. The average molecular weight is 338 g/mol. The predicted octanol–water partition coefficient (Wildman–Crippen LogP) is 3.93. The third-order valence-electron chi connectivity index (χ3n) is 7.13. The lowest BCUT2D eigenvalue weighted by Crippen LogP contribution is -2.77. The Hall–Kier alpha value is -2.00. The van der Waals surface area contributed by atoms with E-state index in [0.29, 0.717) is 11.8 Å². The quantitative estimate of drug-likeness (QED) is 0.898. The fourth-order valence-corrected chi connectivity index (χ4v) is 5.86. The second-order valence-corrected chi connectivity index (χ2v) is 7.48. The first kappa shape index (κ1) is 16.5. The van der Waals surface area contributed by atoms with Crippen LogP contribution < -0.4 is 9.47 Å². The molecule has 0 aliphatic heterocycles. The molecule has 2 aromatic rings. The minimum atomic E-state index is 0.0298. The third kappa shape index (κ3) is 1.90. The van der Waals surface area contributed by atoms with Crippen LogP contribution in [0.2, 0.25) is 0 Å². The van der Waals surface area contributed by atoms with E-state index in [0.717, 1.165) is 17.9 Å². The second-order valence-electron chi connectivity index (χ2n) is 7.48. The second kappa shape index (κ2) is 5.77. The van der Waals surface area contributed by atoms with Crippen LogP contribution in [-0.4, -0.2) is 25.9 Å². The normalized spacial score (nSPS) is 33.0. The summed E-state index contributed by atoms with van der Waals surface area (Å²) >= 11 is 0. The summed E-state index contributed by atoms with van der Waals surface area (Å²) < 4.78 is 10.7. The largest absolute Gasteiger partial charge is 0.497 e. The average Bonchev–Trinajstić information content (AvgIpc) is 2.66. The Labute approximate surface area is 149 Å². The SMILES string of the molecule is COc1ccc([C@]23CC[C@@]2(c2ccc(OC)cc2)[C@H](CO)[C@@H]3C)cc1. The highest BCUT2D eigenvalue weighted by molar-refractivity contribution is 5.52. The van der Waals surface area contributed by atoms with E-state index in [9.17, 15) is 5.11 Å². The summed E-state index contributed by atoms with van der Waals surface area (Å²) in [4.78, 5) is 0. The molecule has 0 spiro atoms. The van der Waals surface area contributed by atoms with Crippen molar-refractivity contribution in [3.05, 3.63) is 59.7 Å². The smallest absolute Gasteiger partial charge is 0.118 e. The first-order valence-corrected chi connectivity index (χ1v) is 9.04. The van der Waals surface area contributed by atoms with Crippen LogP contribution in [0.5, 0.6) is 11.5 Å². The molecule has 0 bridgehead atoms. The molecule has 0 unspecified atom stereocenters. The number of rotatable bonds is 5. The summed E-state index contributed by atoms with van der Waals surface area (Å²) in [5.74, 6) is 2.53. The summed E-state index contributed by atoms with van der Waals surface area (Å²) in [6.07, 6.45) is 2.30. The third-order valence-corrected chi connectivity index (χ3v) is 7.13. The van der Waals surface area contributed by atoms with Gasteiger partial charge in [0.05, 0.1) is 14.2 Å². The molecule has 1 N–H and O–H groups in total. The molecular formula is C22H26O3. The standard InChI is InChI=1S/C22H26O3/c1-15-20(14-23)22(17-6-10-19(25-3)11-7-17)13-12-21(15,22)16-4-8-18(24-2)9-5-16/h4-11,15,20,23H,12-14H2,1-3H3/t15-,20+,21+,22+/m0/s1. The number of ether oxygens (including phenoxy) is 2. The number of hydrogen-bond donors (Lipinski definition) is 1. The fraction of sp³-hybridized carbons (Fsp3) is 0.455. The van der Waals surface area contributed by atoms with Crippen molar-refractivity contribution in [2.45, 2.75) is 30.6 Å². The molecule has 2 saturated carbocycles. The molecule has 3 nitrogen and oxygen atoms in total. The Morgan fingerprint density at radius 3 is 1.64 bits per heavy atom. The van der Waals surface area contributed by atoms with Crippen LogP contribution >= 0.6 is 0 Å². The number of aliphatic hydroxyl groups excluding tert-OH is 1. The van der Waals surface area contributed by atoms with Gasteiger partial charge in [0.2, 0.25) is 0 Å². The number of fused-ring (bicyclic) bond motifs is 1. The van der Waals surface area contributed by atoms with Crippen molar-refractivity contribution in [1.29, 1.82) is 0 Å². The van der Waals surface area contributed by atoms with Gasteiger partial charge in [0.25, 0.3) is 0 Å². The number of hydrogen-bond acceptors (Lipinski definition) is 3. The zero-order valence-electron chi connectivity index (χ0n) is 15.2. The molecule has 2 aromatic carbocycles. The maximum Gasteiger partial charge on any atom is 0.118 e. The van der Waals surface area contributed by atoms with Gasteiger partial charge in [-0.05, 0) is 60.1 Å². The Kier molecular flexibility index (Phi) is 3.80. The van der Waals surface area contributed by atoms with Gasteiger partial charge in [-0.15, -0.1) is 0 Å². The van der Waals surface area contributed by atoms with Crippen LogP contribution in [0.15, 0.2) is 48.5 Å². The van der Waals surface area contributed by atoms with E-state index in [1.54, 1.807) is 14.2 Å². The van der Waals surface area contributed by atoms with Crippen molar-refractivity contribution in [3.8, 4) is 11.5 Å². The maximum atomic E-state index is 10.1. The summed E-state index contributed by atoms with van der Waals surface area (Å²) in [6, 6.07) is 17.0. The van der Waals surface area contributed by atoms with Gasteiger partial charge in [-0.1, -0.05) is 31.2 Å². The van der Waals surface area contributed by atoms with Crippen LogP contribution in [-0.2, 0) is 10.8 Å². The number of methoxy groups -OCH3 is 2. The maximum absolute atomic E-state index is 10.1. The van der Waals surface area contributed by atoms with Crippen LogP contribution in [0.25, 0.3) is 0 Å². The van der Waals surface area contributed by atoms with Crippen molar-refractivity contribution >= 4 is 0 Å². The van der Waals surface area contributed by atoms with Crippen LogP contribution in [0.4, 0.5) is 0 Å². The van der Waals surface area contributed by atoms with E-state index in [2.05, 4.69) is 43.3 Å². The zero-order chi connectivity index (χ0) is 17.7. The van der Waals surface area contributed by atoms with Gasteiger partial charge in [0.1, 0.15) is 11.5 Å². The van der Waals surface area contributed by atoms with Crippen LogP contribution in [0.1, 0.15) is 30.9 Å². The Morgan fingerprint density at radius 1 is 0.840 bits per heavy atom. The Bertz CT molecular complexity index is 752. The molecule has 25 heavy (non-hydrogen) atoms. The Morgan fingerprint density at radius 2 is 1.28 bits per heavy atom. The molecule has 4 rings (SSSR count). The summed E-state index contributed by atoms with van der Waals surface area (Å²) in [6.45, 7) is 2.54. The molecule has 0 heterocycles. The highest BCUT2D eigenvalue weighted by Gasteiger charge is 2.75. The molecule has 2 aliphatic carbocycles. The van der Waals surface area contributed by atoms with Gasteiger partial charge in [-0.25, -0.2) is 0 Å². The monoisotopic (exact) mass is 338 g/mol. The lowest BCUT2D eigenvalue weighted by molar-refractivity contribution is -0.178. The van der Waals surface area contributed by atoms with Gasteiger partial charge in [-0.3, -0.25) is 0 Å². The highest BCUT2D eigenvalue weighted by atomic mass is 16.5. The van der Waals surface area contributed by atoms with Crippen molar-refractivity contribution in [2.24, 2.45) is 11.8 Å². The van der Waals surface area contributed by atoms with Crippen molar-refractivity contribution < 1.29 is 14.6 Å². The van der Waals surface area contributed by atoms with E-state index in [-0.39, 0.29) is 17.4 Å². The van der Waals surface area contributed by atoms with E-state index in [1.165, 1.54) is 17.5 Å². The first-order valence-electron chi connectivity index (χ1n) is 9.04. The number of aliphatic hydroxyl groups is 1. The molecule has 2 fully saturated rings. The zero-order valence-corrected chi connectivity index (χ0v) is 15.2. The summed E-state index contributed by atoms with van der Waals surface area (Å²) in [5.41, 5.74) is 2.84. The topological polar surface area (TPSA) is 38.7 Å². The van der Waals surface area contributed by atoms with E-state index >= 15 is 0 Å². The lowest BCUT2D eigenvalue weighted by atomic mass is 9.26. The summed E-state index contributed by atoms with van der Waals surface area (Å²) in [5, 5.41) is 10.1. The molecule has 0 aromatic heterocycles. The fourth-order valence-electron chi connectivity index (χ4n) is 5.86. The van der Waals surface area contributed by atoms with Gasteiger partial charge in [0.15, 0.2) is 0 Å². The predicted molar refractivity (Wildman–Crippen MR) is 98.3 cm³/mol. The van der Waals surface area contributed by atoms with Crippen molar-refractivity contribution in [3.63, 3.8) is 0 Å². The van der Waals surface area contributed by atoms with Gasteiger partial charge in [0, 0.05) is 17.4 Å². The van der Waals surface area contributed by atoms with Gasteiger partial charge in [-0.2, -0.15) is 0 Å². The van der Waals surface area contributed by atoms with Crippen LogP contribution in [0, 0.1) is 11.8 Å². The van der Waals surface area contributed by atoms with E-state index in [1.807, 2.05) is 12.1 Å². The highest BCUT2D eigenvalue weighted by Crippen LogP contribution is 2.76. The first-order chi connectivity index (χ1) is 12.1. The van der Waals surface area contributed by atoms with Gasteiger partial charge >= 0.3 is 0 Å². The molecule has 0 amide bonds. The molecule has 3 heteroatoms. The molecule has 4 atom stereocenters. The van der Waals surface area contributed by atoms with Crippen molar-refractivity contribution in [2.75, 3.05) is 20.8 Å². The molecule has 2 aliphatic rings. The summed E-state index contributed by atoms with van der Waals surface area (Å²) in [7, 11) is 3.40. The van der Waals surface area contributed by atoms with Crippen molar-refractivity contribution in [1.82, 2.24) is 0 Å². The minimum absolute atomic E-state index is 0.0298.